The molecule has 0 saturated carbocycles. The summed E-state index contributed by atoms with van der Waals surface area (Å²) in [7, 11) is -1.99. The molecule has 0 radical (unpaired) electrons. The maximum absolute atomic E-state index is 12.7. The molecule has 0 aliphatic carbocycles. The van der Waals surface area contributed by atoms with E-state index in [1.54, 1.807) is 13.1 Å². The minimum atomic E-state index is -3.64. The van der Waals surface area contributed by atoms with Gasteiger partial charge in [0.1, 0.15) is 10.6 Å². The molecule has 0 unspecified atom stereocenters. The van der Waals surface area contributed by atoms with E-state index in [4.69, 9.17) is 4.74 Å². The van der Waals surface area contributed by atoms with Crippen molar-refractivity contribution in [2.24, 2.45) is 7.05 Å². The smallest absolute Gasteiger partial charge is 0.272 e. The summed E-state index contributed by atoms with van der Waals surface area (Å²) in [5, 5.41) is 2.80. The normalized spacial score (nSPS) is 15.8. The van der Waals surface area contributed by atoms with Gasteiger partial charge in [-0.05, 0) is 46.6 Å². The van der Waals surface area contributed by atoms with Gasteiger partial charge in [0, 0.05) is 30.8 Å². The average Bonchev–Trinajstić information content (AvgIpc) is 3.01. The lowest BCUT2D eigenvalue weighted by molar-refractivity contribution is 0.0730. The van der Waals surface area contributed by atoms with E-state index in [0.717, 1.165) is 10.0 Å². The van der Waals surface area contributed by atoms with Gasteiger partial charge < -0.3 is 14.6 Å². The van der Waals surface area contributed by atoms with Crippen LogP contribution in [0.3, 0.4) is 0 Å². The van der Waals surface area contributed by atoms with E-state index in [2.05, 4.69) is 21.2 Å². The molecule has 1 aromatic carbocycles. The van der Waals surface area contributed by atoms with Crippen molar-refractivity contribution in [3.63, 3.8) is 0 Å². The number of halogens is 1. The first-order valence-corrected chi connectivity index (χ1v) is 10.3. The van der Waals surface area contributed by atoms with Crippen LogP contribution in [-0.4, -0.2) is 49.5 Å². The minimum absolute atomic E-state index is 0.107. The quantitative estimate of drug-likeness (QED) is 0.789. The molecule has 1 aliphatic rings. The first-order valence-electron chi connectivity index (χ1n) is 8.11. The molecule has 9 heteroatoms. The Bertz CT molecular complexity index is 933. The molecule has 140 valence electrons. The van der Waals surface area contributed by atoms with Crippen molar-refractivity contribution < 1.29 is 17.9 Å². The molecule has 2 aromatic rings. The minimum Gasteiger partial charge on any atom is -0.379 e. The second-order valence-corrected chi connectivity index (χ2v) is 8.92. The Hall–Kier alpha value is -1.68. The fourth-order valence-corrected chi connectivity index (χ4v) is 4.82. The Labute approximate surface area is 161 Å². The molecule has 1 aromatic heterocycles. The molecule has 1 N–H and O–H groups in total. The maximum Gasteiger partial charge on any atom is 0.272 e. The maximum atomic E-state index is 12.7. The fraction of sp³-hybridized carbons (Fsp3) is 0.353. The van der Waals surface area contributed by atoms with Gasteiger partial charge in [-0.2, -0.15) is 4.31 Å². The average molecular weight is 442 g/mol. The van der Waals surface area contributed by atoms with Crippen LogP contribution in [0.15, 0.2) is 39.8 Å². The molecule has 1 amide bonds. The van der Waals surface area contributed by atoms with Crippen molar-refractivity contribution in [2.45, 2.75) is 11.8 Å². The molecule has 7 nitrogen and oxygen atoms in total. The monoisotopic (exact) mass is 441 g/mol. The summed E-state index contributed by atoms with van der Waals surface area (Å²) in [6.45, 7) is 3.34. The molecular weight excluding hydrogens is 422 g/mol. The van der Waals surface area contributed by atoms with Crippen molar-refractivity contribution in [3.8, 4) is 0 Å². The Morgan fingerprint density at radius 1 is 1.23 bits per heavy atom. The lowest BCUT2D eigenvalue weighted by Crippen LogP contribution is -2.40. The lowest BCUT2D eigenvalue weighted by atomic mass is 10.2. The Balaban J connectivity index is 1.84. The van der Waals surface area contributed by atoms with E-state index in [1.807, 2.05) is 19.1 Å². The van der Waals surface area contributed by atoms with Crippen LogP contribution in [0.25, 0.3) is 0 Å². The van der Waals surface area contributed by atoms with Crippen molar-refractivity contribution in [1.29, 1.82) is 0 Å². The SMILES string of the molecule is Cc1ccc(NC(=O)c2cc(S(=O)(=O)N3CCOCC3)cn2C)c(Br)c1. The van der Waals surface area contributed by atoms with Gasteiger partial charge >= 0.3 is 0 Å². The largest absolute Gasteiger partial charge is 0.379 e. The number of aryl methyl sites for hydroxylation is 2. The van der Waals surface area contributed by atoms with Gasteiger partial charge in [0.05, 0.1) is 18.9 Å². The predicted octanol–water partition coefficient (Wildman–Crippen LogP) is 2.37. The van der Waals surface area contributed by atoms with Gasteiger partial charge in [0.15, 0.2) is 0 Å². The molecule has 0 atom stereocenters. The molecule has 0 bridgehead atoms. The van der Waals surface area contributed by atoms with E-state index in [1.165, 1.54) is 21.1 Å². The first kappa shape index (κ1) is 19.1. The number of nitrogens with one attached hydrogen (secondary N) is 1. The summed E-state index contributed by atoms with van der Waals surface area (Å²) in [6.07, 6.45) is 1.46. The van der Waals surface area contributed by atoms with E-state index >= 15 is 0 Å². The number of rotatable bonds is 4. The zero-order chi connectivity index (χ0) is 18.9. The number of anilines is 1. The van der Waals surface area contributed by atoms with Crippen LogP contribution in [0.1, 0.15) is 16.1 Å². The third-order valence-electron chi connectivity index (χ3n) is 4.19. The molecule has 2 heterocycles. The van der Waals surface area contributed by atoms with Crippen LogP contribution in [0.5, 0.6) is 0 Å². The third-order valence-corrected chi connectivity index (χ3v) is 6.71. The second kappa shape index (κ2) is 7.51. The molecule has 1 aliphatic heterocycles. The van der Waals surface area contributed by atoms with Gasteiger partial charge in [-0.3, -0.25) is 4.79 Å². The van der Waals surface area contributed by atoms with Gasteiger partial charge in [0.2, 0.25) is 10.0 Å². The van der Waals surface area contributed by atoms with Crippen molar-refractivity contribution >= 4 is 37.5 Å². The highest BCUT2D eigenvalue weighted by atomic mass is 79.9. The van der Waals surface area contributed by atoms with Crippen molar-refractivity contribution in [2.75, 3.05) is 31.6 Å². The summed E-state index contributed by atoms with van der Waals surface area (Å²) in [4.78, 5) is 12.7. The highest BCUT2D eigenvalue weighted by Crippen LogP contribution is 2.25. The fourth-order valence-electron chi connectivity index (χ4n) is 2.74. The highest BCUT2D eigenvalue weighted by Gasteiger charge is 2.28. The molecule has 3 rings (SSSR count). The number of benzene rings is 1. The van der Waals surface area contributed by atoms with Gasteiger partial charge in [-0.25, -0.2) is 8.42 Å². The number of aromatic nitrogens is 1. The number of nitrogens with zero attached hydrogens (tertiary/aromatic N) is 2. The number of sulfonamides is 1. The van der Waals surface area contributed by atoms with Crippen LogP contribution in [0.4, 0.5) is 5.69 Å². The summed E-state index contributed by atoms with van der Waals surface area (Å²) >= 11 is 3.42. The number of hydrogen-bond acceptors (Lipinski definition) is 4. The number of carbonyl (C=O) groups excluding carboxylic acids is 1. The summed E-state index contributed by atoms with van der Waals surface area (Å²) in [5.74, 6) is -0.375. The topological polar surface area (TPSA) is 80.6 Å². The van der Waals surface area contributed by atoms with Crippen LogP contribution >= 0.6 is 15.9 Å². The predicted molar refractivity (Wildman–Crippen MR) is 102 cm³/mol. The number of ether oxygens (including phenoxy) is 1. The van der Waals surface area contributed by atoms with Crippen molar-refractivity contribution in [1.82, 2.24) is 8.87 Å². The van der Waals surface area contributed by atoms with Gasteiger partial charge in [-0.15, -0.1) is 0 Å². The third kappa shape index (κ3) is 3.85. The van der Waals surface area contributed by atoms with E-state index < -0.39 is 10.0 Å². The van der Waals surface area contributed by atoms with Crippen molar-refractivity contribution in [3.05, 3.63) is 46.2 Å². The summed E-state index contributed by atoms with van der Waals surface area (Å²) in [6, 6.07) is 6.99. The number of hydrogen-bond donors (Lipinski definition) is 1. The Morgan fingerprint density at radius 2 is 1.92 bits per heavy atom. The van der Waals surface area contributed by atoms with Crippen LogP contribution in [-0.2, 0) is 21.8 Å². The summed E-state index contributed by atoms with van der Waals surface area (Å²) in [5.41, 5.74) is 1.95. The first-order chi connectivity index (χ1) is 12.3. The number of carbonyl (C=O) groups is 1. The molecule has 26 heavy (non-hydrogen) atoms. The standard InChI is InChI=1S/C17H20BrN3O4S/c1-12-3-4-15(14(18)9-12)19-17(22)16-10-13(11-20(16)2)26(23,24)21-5-7-25-8-6-21/h3-4,9-11H,5-8H2,1-2H3,(H,19,22). The van der Waals surface area contributed by atoms with Crippen LogP contribution in [0.2, 0.25) is 0 Å². The zero-order valence-electron chi connectivity index (χ0n) is 14.5. The van der Waals surface area contributed by atoms with E-state index in [9.17, 15) is 13.2 Å². The summed E-state index contributed by atoms with van der Waals surface area (Å²) < 4.78 is 34.4. The number of amides is 1. The Morgan fingerprint density at radius 3 is 2.58 bits per heavy atom. The molecular formula is C17H20BrN3O4S. The van der Waals surface area contributed by atoms with E-state index in [0.29, 0.717) is 32.0 Å². The molecule has 1 saturated heterocycles. The molecule has 1 fully saturated rings. The van der Waals surface area contributed by atoms with Gasteiger partial charge in [-0.1, -0.05) is 6.07 Å². The van der Waals surface area contributed by atoms with Crippen LogP contribution in [0, 0.1) is 6.92 Å². The lowest BCUT2D eigenvalue weighted by Gasteiger charge is -2.25. The highest BCUT2D eigenvalue weighted by molar-refractivity contribution is 9.10. The van der Waals surface area contributed by atoms with Crippen LogP contribution < -0.4 is 5.32 Å². The number of morpholine rings is 1. The zero-order valence-corrected chi connectivity index (χ0v) is 16.9. The second-order valence-electron chi connectivity index (χ2n) is 6.13. The Kier molecular flexibility index (Phi) is 5.52. The van der Waals surface area contributed by atoms with Gasteiger partial charge in [0.25, 0.3) is 5.91 Å². The molecule has 0 spiro atoms. The van der Waals surface area contributed by atoms with E-state index in [-0.39, 0.29) is 16.5 Å².